The number of carbonyl (C=O) groups is 1. The van der Waals surface area contributed by atoms with E-state index in [2.05, 4.69) is 9.88 Å². The summed E-state index contributed by atoms with van der Waals surface area (Å²) in [5.41, 5.74) is 1.03. The molecule has 5 nitrogen and oxygen atoms in total. The molecule has 1 aromatic heterocycles. The lowest BCUT2D eigenvalue weighted by Gasteiger charge is -2.26. The number of carboxylic acid groups (broad SMARTS) is 1. The van der Waals surface area contributed by atoms with Gasteiger partial charge < -0.3 is 14.9 Å². The Labute approximate surface area is 110 Å². The molecule has 2 aliphatic rings. The first-order chi connectivity index (χ1) is 8.65. The van der Waals surface area contributed by atoms with Gasteiger partial charge in [0, 0.05) is 25.6 Å². The number of hydrogen-bond donors (Lipinski definition) is 1. The van der Waals surface area contributed by atoms with E-state index in [9.17, 15) is 4.79 Å². The molecule has 2 saturated heterocycles. The van der Waals surface area contributed by atoms with Crippen molar-refractivity contribution in [3.8, 4) is 0 Å². The second-order valence-electron chi connectivity index (χ2n) is 4.84. The highest BCUT2D eigenvalue weighted by Crippen LogP contribution is 2.34. The van der Waals surface area contributed by atoms with Crippen molar-refractivity contribution in [2.75, 3.05) is 24.5 Å². The van der Waals surface area contributed by atoms with Crippen LogP contribution in [0.2, 0.25) is 5.15 Å². The van der Waals surface area contributed by atoms with Gasteiger partial charge >= 0.3 is 6.09 Å². The summed E-state index contributed by atoms with van der Waals surface area (Å²) in [7, 11) is 0. The summed E-state index contributed by atoms with van der Waals surface area (Å²) >= 11 is 5.78. The van der Waals surface area contributed by atoms with Gasteiger partial charge in [0.05, 0.1) is 17.9 Å². The number of fused-ring (bicyclic) bond motifs is 1. The Hall–Kier alpha value is -1.49. The molecule has 2 aliphatic heterocycles. The lowest BCUT2D eigenvalue weighted by Crippen LogP contribution is -2.36. The molecule has 0 saturated carbocycles. The van der Waals surface area contributed by atoms with Crippen LogP contribution in [0.3, 0.4) is 0 Å². The molecule has 1 amide bonds. The molecule has 2 atom stereocenters. The summed E-state index contributed by atoms with van der Waals surface area (Å²) in [5, 5.41) is 9.52. The van der Waals surface area contributed by atoms with Crippen LogP contribution in [-0.4, -0.2) is 46.8 Å². The molecule has 0 aromatic carbocycles. The maximum atomic E-state index is 11.0. The summed E-state index contributed by atoms with van der Waals surface area (Å²) in [6, 6.07) is 4.00. The van der Waals surface area contributed by atoms with Gasteiger partial charge in [-0.3, -0.25) is 0 Å². The van der Waals surface area contributed by atoms with E-state index >= 15 is 0 Å². The van der Waals surface area contributed by atoms with Crippen LogP contribution in [0.4, 0.5) is 10.5 Å². The number of anilines is 1. The molecule has 0 bridgehead atoms. The van der Waals surface area contributed by atoms with Crippen molar-refractivity contribution in [2.45, 2.75) is 12.5 Å². The number of amides is 1. The summed E-state index contributed by atoms with van der Waals surface area (Å²) in [6.07, 6.45) is 1.98. The molecule has 3 rings (SSSR count). The fourth-order valence-corrected chi connectivity index (χ4v) is 3.09. The first kappa shape index (κ1) is 11.6. The zero-order valence-electron chi connectivity index (χ0n) is 9.79. The van der Waals surface area contributed by atoms with E-state index in [0.717, 1.165) is 18.7 Å². The molecule has 0 radical (unpaired) electrons. The van der Waals surface area contributed by atoms with Crippen LogP contribution < -0.4 is 4.90 Å². The van der Waals surface area contributed by atoms with Gasteiger partial charge in [-0.15, -0.1) is 0 Å². The summed E-state index contributed by atoms with van der Waals surface area (Å²) in [6.45, 7) is 2.20. The number of halogens is 1. The van der Waals surface area contributed by atoms with Gasteiger partial charge in [-0.25, -0.2) is 9.78 Å². The van der Waals surface area contributed by atoms with Gasteiger partial charge in [-0.1, -0.05) is 11.6 Å². The third-order valence-electron chi connectivity index (χ3n) is 3.86. The van der Waals surface area contributed by atoms with E-state index in [-0.39, 0.29) is 6.04 Å². The van der Waals surface area contributed by atoms with Crippen LogP contribution in [-0.2, 0) is 0 Å². The van der Waals surface area contributed by atoms with Crippen molar-refractivity contribution in [2.24, 2.45) is 5.92 Å². The van der Waals surface area contributed by atoms with E-state index in [4.69, 9.17) is 16.7 Å². The predicted octanol–water partition coefficient (Wildman–Crippen LogP) is 1.92. The zero-order valence-corrected chi connectivity index (χ0v) is 10.5. The van der Waals surface area contributed by atoms with Crippen molar-refractivity contribution in [1.82, 2.24) is 9.88 Å². The van der Waals surface area contributed by atoms with E-state index in [0.29, 0.717) is 24.2 Å². The Balaban J connectivity index is 1.79. The lowest BCUT2D eigenvalue weighted by molar-refractivity contribution is 0.153. The number of likely N-dealkylation sites (tertiary alicyclic amines) is 1. The fraction of sp³-hybridized carbons (Fsp3) is 0.500. The second kappa shape index (κ2) is 4.31. The SMILES string of the molecule is O=C(O)N1C[C@@H]2CCN(c3ccc(Cl)nc3)[C@@H]2C1. The van der Waals surface area contributed by atoms with Crippen LogP contribution in [0.15, 0.2) is 18.3 Å². The highest BCUT2D eigenvalue weighted by atomic mass is 35.5. The van der Waals surface area contributed by atoms with E-state index in [1.165, 1.54) is 4.90 Å². The first-order valence-corrected chi connectivity index (χ1v) is 6.39. The summed E-state index contributed by atoms with van der Waals surface area (Å²) in [5.74, 6) is 0.441. The average molecular weight is 268 g/mol. The highest BCUT2D eigenvalue weighted by Gasteiger charge is 2.42. The van der Waals surface area contributed by atoms with Gasteiger partial charge in [-0.05, 0) is 18.6 Å². The largest absolute Gasteiger partial charge is 0.465 e. The predicted molar refractivity (Wildman–Crippen MR) is 68.1 cm³/mol. The van der Waals surface area contributed by atoms with Crippen molar-refractivity contribution in [3.05, 3.63) is 23.5 Å². The smallest absolute Gasteiger partial charge is 0.407 e. The van der Waals surface area contributed by atoms with Gasteiger partial charge in [0.25, 0.3) is 0 Å². The number of hydrogen-bond acceptors (Lipinski definition) is 3. The Kier molecular flexibility index (Phi) is 2.78. The Bertz CT molecular complexity index is 465. The number of rotatable bonds is 1. The number of pyridine rings is 1. The monoisotopic (exact) mass is 267 g/mol. The molecular weight excluding hydrogens is 254 g/mol. The molecule has 2 fully saturated rings. The van der Waals surface area contributed by atoms with E-state index in [1.807, 2.05) is 6.07 Å². The molecule has 3 heterocycles. The molecule has 18 heavy (non-hydrogen) atoms. The van der Waals surface area contributed by atoms with Gasteiger partial charge in [0.1, 0.15) is 5.15 Å². The Morgan fingerprint density at radius 3 is 2.94 bits per heavy atom. The molecular formula is C12H14ClN3O2. The number of nitrogens with zero attached hydrogens (tertiary/aromatic N) is 3. The molecule has 96 valence electrons. The molecule has 1 aromatic rings. The third kappa shape index (κ3) is 1.88. The van der Waals surface area contributed by atoms with E-state index < -0.39 is 6.09 Å². The van der Waals surface area contributed by atoms with Crippen LogP contribution in [0.5, 0.6) is 0 Å². The third-order valence-corrected chi connectivity index (χ3v) is 4.09. The van der Waals surface area contributed by atoms with Crippen molar-refractivity contribution >= 4 is 23.4 Å². The van der Waals surface area contributed by atoms with Gasteiger partial charge in [0.15, 0.2) is 0 Å². The lowest BCUT2D eigenvalue weighted by atomic mass is 10.1. The maximum Gasteiger partial charge on any atom is 0.407 e. The fourth-order valence-electron chi connectivity index (χ4n) is 2.98. The van der Waals surface area contributed by atoms with E-state index in [1.54, 1.807) is 12.3 Å². The topological polar surface area (TPSA) is 56.7 Å². The van der Waals surface area contributed by atoms with Crippen molar-refractivity contribution in [3.63, 3.8) is 0 Å². The van der Waals surface area contributed by atoms with Crippen LogP contribution >= 0.6 is 11.6 Å². The minimum absolute atomic E-state index is 0.282. The van der Waals surface area contributed by atoms with Crippen molar-refractivity contribution in [1.29, 1.82) is 0 Å². The zero-order chi connectivity index (χ0) is 12.7. The Morgan fingerprint density at radius 2 is 2.28 bits per heavy atom. The second-order valence-corrected chi connectivity index (χ2v) is 5.22. The number of aromatic nitrogens is 1. The summed E-state index contributed by atoms with van der Waals surface area (Å²) < 4.78 is 0. The van der Waals surface area contributed by atoms with Crippen LogP contribution in [0, 0.1) is 5.92 Å². The average Bonchev–Trinajstić information content (AvgIpc) is 2.89. The highest BCUT2D eigenvalue weighted by molar-refractivity contribution is 6.29. The van der Waals surface area contributed by atoms with Gasteiger partial charge in [0.2, 0.25) is 0 Å². The Morgan fingerprint density at radius 1 is 1.44 bits per heavy atom. The van der Waals surface area contributed by atoms with Crippen molar-refractivity contribution < 1.29 is 9.90 Å². The quantitative estimate of drug-likeness (QED) is 0.790. The minimum Gasteiger partial charge on any atom is -0.465 e. The normalized spacial score (nSPS) is 26.5. The molecule has 6 heteroatoms. The van der Waals surface area contributed by atoms with Crippen LogP contribution in [0.1, 0.15) is 6.42 Å². The van der Waals surface area contributed by atoms with Gasteiger partial charge in [-0.2, -0.15) is 0 Å². The standard InChI is InChI=1S/C12H14ClN3O2/c13-11-2-1-9(5-14-11)16-4-3-8-6-15(12(17)18)7-10(8)16/h1-2,5,8,10H,3-4,6-7H2,(H,17,18)/t8-,10+/m0/s1. The maximum absolute atomic E-state index is 11.0. The summed E-state index contributed by atoms with van der Waals surface area (Å²) in [4.78, 5) is 18.8. The molecule has 1 N–H and O–H groups in total. The molecule has 0 unspecified atom stereocenters. The first-order valence-electron chi connectivity index (χ1n) is 6.01. The minimum atomic E-state index is -0.821. The van der Waals surface area contributed by atoms with Crippen LogP contribution in [0.25, 0.3) is 0 Å². The molecule has 0 aliphatic carbocycles. The molecule has 0 spiro atoms.